The monoisotopic (exact) mass is 217 g/mol. The van der Waals surface area contributed by atoms with E-state index in [4.69, 9.17) is 11.6 Å². The Morgan fingerprint density at radius 1 is 1.31 bits per heavy atom. The highest BCUT2D eigenvalue weighted by Gasteiger charge is 1.92. The lowest BCUT2D eigenvalue weighted by Crippen LogP contribution is -2.13. The summed E-state index contributed by atoms with van der Waals surface area (Å²) in [7, 11) is 0. The lowest BCUT2D eigenvalue weighted by molar-refractivity contribution is 0.621. The third-order valence-electron chi connectivity index (χ3n) is 1.87. The number of alkyl halides is 1. The van der Waals surface area contributed by atoms with Crippen LogP contribution in [0.25, 0.3) is 0 Å². The van der Waals surface area contributed by atoms with Crippen molar-refractivity contribution in [1.82, 2.24) is 5.32 Å². The van der Waals surface area contributed by atoms with Gasteiger partial charge >= 0.3 is 0 Å². The summed E-state index contributed by atoms with van der Waals surface area (Å²) in [5.74, 6) is 0.797. The van der Waals surface area contributed by atoms with Crippen LogP contribution >= 0.6 is 22.9 Å². The average molecular weight is 218 g/mol. The fourth-order valence-corrected chi connectivity index (χ4v) is 2.01. The molecule has 1 aromatic rings. The number of thiophene rings is 1. The summed E-state index contributed by atoms with van der Waals surface area (Å²) in [6.07, 6.45) is 3.61. The van der Waals surface area contributed by atoms with E-state index < -0.39 is 0 Å². The molecule has 0 radical (unpaired) electrons. The van der Waals surface area contributed by atoms with E-state index in [0.29, 0.717) is 0 Å². The molecule has 3 heteroatoms. The van der Waals surface area contributed by atoms with E-state index in [0.717, 1.165) is 25.4 Å². The molecule has 1 N–H and O–H groups in total. The number of hydrogen-bond acceptors (Lipinski definition) is 2. The molecule has 0 fully saturated rings. The first-order valence-electron chi connectivity index (χ1n) is 4.72. The van der Waals surface area contributed by atoms with E-state index in [1.807, 2.05) is 11.3 Å². The molecule has 0 saturated heterocycles. The van der Waals surface area contributed by atoms with E-state index in [9.17, 15) is 0 Å². The number of rotatable bonds is 7. The summed E-state index contributed by atoms with van der Waals surface area (Å²) >= 11 is 7.38. The molecule has 0 amide bonds. The van der Waals surface area contributed by atoms with Crippen molar-refractivity contribution in [3.8, 4) is 0 Å². The zero-order valence-corrected chi connectivity index (χ0v) is 9.33. The fourth-order valence-electron chi connectivity index (χ4n) is 1.15. The van der Waals surface area contributed by atoms with Gasteiger partial charge in [0.15, 0.2) is 0 Å². The van der Waals surface area contributed by atoms with Gasteiger partial charge in [0, 0.05) is 17.3 Å². The maximum Gasteiger partial charge on any atom is 0.0299 e. The van der Waals surface area contributed by atoms with Crippen molar-refractivity contribution in [2.75, 3.05) is 12.4 Å². The second kappa shape index (κ2) is 7.36. The largest absolute Gasteiger partial charge is 0.312 e. The average Bonchev–Trinajstić information content (AvgIpc) is 2.63. The maximum absolute atomic E-state index is 5.58. The SMILES string of the molecule is ClCCCCCNCc1cccs1. The second-order valence-corrected chi connectivity index (χ2v) is 4.42. The molecule has 1 aromatic heterocycles. The van der Waals surface area contributed by atoms with E-state index in [2.05, 4.69) is 22.8 Å². The summed E-state index contributed by atoms with van der Waals surface area (Å²) in [4.78, 5) is 1.41. The molecule has 0 atom stereocenters. The van der Waals surface area contributed by atoms with E-state index in [1.165, 1.54) is 17.7 Å². The summed E-state index contributed by atoms with van der Waals surface area (Å²) < 4.78 is 0. The Kier molecular flexibility index (Phi) is 6.25. The predicted octanol–water partition coefficient (Wildman–Crippen LogP) is 3.25. The van der Waals surface area contributed by atoms with Gasteiger partial charge in [-0.25, -0.2) is 0 Å². The fraction of sp³-hybridized carbons (Fsp3) is 0.600. The molecular formula is C10H16ClNS. The van der Waals surface area contributed by atoms with Gasteiger partial charge in [0.05, 0.1) is 0 Å². The standard InChI is InChI=1S/C10H16ClNS/c11-6-2-1-3-7-12-9-10-5-4-8-13-10/h4-5,8,12H,1-3,6-7,9H2. The van der Waals surface area contributed by atoms with Gasteiger partial charge in [-0.1, -0.05) is 12.5 Å². The quantitative estimate of drug-likeness (QED) is 0.546. The van der Waals surface area contributed by atoms with Crippen LogP contribution in [0.5, 0.6) is 0 Å². The van der Waals surface area contributed by atoms with Gasteiger partial charge in [0.25, 0.3) is 0 Å². The van der Waals surface area contributed by atoms with Crippen LogP contribution in [0.15, 0.2) is 17.5 Å². The molecule has 1 heterocycles. The zero-order chi connectivity index (χ0) is 9.36. The van der Waals surface area contributed by atoms with Crippen molar-refractivity contribution in [3.05, 3.63) is 22.4 Å². The number of hydrogen-bond donors (Lipinski definition) is 1. The summed E-state index contributed by atoms with van der Waals surface area (Å²) in [6, 6.07) is 4.26. The summed E-state index contributed by atoms with van der Waals surface area (Å²) in [5, 5.41) is 5.53. The van der Waals surface area contributed by atoms with Crippen molar-refractivity contribution >= 4 is 22.9 Å². The van der Waals surface area contributed by atoms with Gasteiger partial charge in [-0.15, -0.1) is 22.9 Å². The summed E-state index contributed by atoms with van der Waals surface area (Å²) in [6.45, 7) is 2.12. The minimum Gasteiger partial charge on any atom is -0.312 e. The Balaban J connectivity index is 1.90. The molecule has 1 rings (SSSR count). The van der Waals surface area contributed by atoms with Crippen LogP contribution in [0.3, 0.4) is 0 Å². The lowest BCUT2D eigenvalue weighted by Gasteiger charge is -2.01. The molecule has 0 aromatic carbocycles. The van der Waals surface area contributed by atoms with Crippen LogP contribution in [0.1, 0.15) is 24.1 Å². The Labute approximate surface area is 89.1 Å². The first-order valence-corrected chi connectivity index (χ1v) is 6.14. The first kappa shape index (κ1) is 11.0. The topological polar surface area (TPSA) is 12.0 Å². The highest BCUT2D eigenvalue weighted by Crippen LogP contribution is 2.07. The molecule has 0 bridgehead atoms. The van der Waals surface area contributed by atoms with E-state index >= 15 is 0 Å². The maximum atomic E-state index is 5.58. The third kappa shape index (κ3) is 5.29. The molecule has 0 saturated carbocycles. The molecule has 0 aliphatic rings. The molecule has 0 aliphatic heterocycles. The smallest absolute Gasteiger partial charge is 0.0299 e. The molecule has 0 aliphatic carbocycles. The van der Waals surface area contributed by atoms with Gasteiger partial charge in [0.1, 0.15) is 0 Å². The van der Waals surface area contributed by atoms with Crippen molar-refractivity contribution in [1.29, 1.82) is 0 Å². The number of unbranched alkanes of at least 4 members (excludes halogenated alkanes) is 2. The van der Waals surface area contributed by atoms with Crippen LogP contribution in [-0.4, -0.2) is 12.4 Å². The molecular weight excluding hydrogens is 202 g/mol. The lowest BCUT2D eigenvalue weighted by atomic mass is 10.2. The molecule has 13 heavy (non-hydrogen) atoms. The Morgan fingerprint density at radius 3 is 2.92 bits per heavy atom. The highest BCUT2D eigenvalue weighted by molar-refractivity contribution is 7.09. The Bertz CT molecular complexity index is 199. The van der Waals surface area contributed by atoms with E-state index in [-0.39, 0.29) is 0 Å². The minimum absolute atomic E-state index is 0.797. The Morgan fingerprint density at radius 2 is 2.23 bits per heavy atom. The van der Waals surface area contributed by atoms with Crippen LogP contribution in [0.4, 0.5) is 0 Å². The summed E-state index contributed by atoms with van der Waals surface area (Å²) in [5.41, 5.74) is 0. The van der Waals surface area contributed by atoms with Crippen molar-refractivity contribution in [2.24, 2.45) is 0 Å². The Hall–Kier alpha value is -0.0500. The van der Waals surface area contributed by atoms with Gasteiger partial charge < -0.3 is 5.32 Å². The molecule has 74 valence electrons. The number of halogens is 1. The van der Waals surface area contributed by atoms with Gasteiger partial charge in [-0.2, -0.15) is 0 Å². The van der Waals surface area contributed by atoms with Crippen LogP contribution in [0.2, 0.25) is 0 Å². The van der Waals surface area contributed by atoms with Crippen molar-refractivity contribution in [3.63, 3.8) is 0 Å². The van der Waals surface area contributed by atoms with Gasteiger partial charge in [0.2, 0.25) is 0 Å². The van der Waals surface area contributed by atoms with Crippen LogP contribution in [0, 0.1) is 0 Å². The van der Waals surface area contributed by atoms with Gasteiger partial charge in [-0.05, 0) is 30.8 Å². The predicted molar refractivity (Wildman–Crippen MR) is 60.6 cm³/mol. The highest BCUT2D eigenvalue weighted by atomic mass is 35.5. The van der Waals surface area contributed by atoms with Crippen LogP contribution < -0.4 is 5.32 Å². The second-order valence-electron chi connectivity index (χ2n) is 3.01. The zero-order valence-electron chi connectivity index (χ0n) is 7.76. The van der Waals surface area contributed by atoms with Gasteiger partial charge in [-0.3, -0.25) is 0 Å². The third-order valence-corrected chi connectivity index (χ3v) is 3.01. The number of nitrogens with one attached hydrogen (secondary N) is 1. The normalized spacial score (nSPS) is 10.5. The van der Waals surface area contributed by atoms with Crippen molar-refractivity contribution < 1.29 is 0 Å². The first-order chi connectivity index (χ1) is 6.43. The molecule has 0 spiro atoms. The van der Waals surface area contributed by atoms with Crippen molar-refractivity contribution in [2.45, 2.75) is 25.8 Å². The molecule has 0 unspecified atom stereocenters. The minimum atomic E-state index is 0.797. The molecule has 1 nitrogen and oxygen atoms in total. The van der Waals surface area contributed by atoms with Crippen LogP contribution in [-0.2, 0) is 6.54 Å². The van der Waals surface area contributed by atoms with E-state index in [1.54, 1.807) is 0 Å².